The van der Waals surface area contributed by atoms with Crippen molar-refractivity contribution < 1.29 is 0 Å². The number of aryl methyl sites for hydroxylation is 1. The number of aromatic nitrogens is 2. The molecular weight excluding hydrogens is 236 g/mol. The van der Waals surface area contributed by atoms with Crippen molar-refractivity contribution in [3.8, 4) is 0 Å². The molecule has 19 heavy (non-hydrogen) atoms. The highest BCUT2D eigenvalue weighted by molar-refractivity contribution is 5.63. The fourth-order valence-electron chi connectivity index (χ4n) is 2.58. The third-order valence-electron chi connectivity index (χ3n) is 3.62. The zero-order valence-electron chi connectivity index (χ0n) is 10.9. The van der Waals surface area contributed by atoms with Crippen LogP contribution < -0.4 is 11.1 Å². The van der Waals surface area contributed by atoms with Gasteiger partial charge >= 0.3 is 0 Å². The van der Waals surface area contributed by atoms with Crippen LogP contribution in [0.25, 0.3) is 0 Å². The second-order valence-electron chi connectivity index (χ2n) is 4.84. The van der Waals surface area contributed by atoms with Gasteiger partial charge in [-0.05, 0) is 37.3 Å². The summed E-state index contributed by atoms with van der Waals surface area (Å²) in [6.45, 7) is 0.524. The van der Waals surface area contributed by atoms with Gasteiger partial charge in [-0.25, -0.2) is 9.97 Å². The van der Waals surface area contributed by atoms with E-state index in [4.69, 9.17) is 5.73 Å². The summed E-state index contributed by atoms with van der Waals surface area (Å²) in [4.78, 5) is 8.79. The number of nitrogens with zero attached hydrogens (tertiary/aromatic N) is 2. The van der Waals surface area contributed by atoms with Gasteiger partial charge in [0, 0.05) is 23.5 Å². The molecule has 3 rings (SSSR count). The predicted molar refractivity (Wildman–Crippen MR) is 76.3 cm³/mol. The molecule has 0 fully saturated rings. The minimum Gasteiger partial charge on any atom is -0.340 e. The van der Waals surface area contributed by atoms with Crippen LogP contribution >= 0.6 is 0 Å². The van der Waals surface area contributed by atoms with E-state index in [0.29, 0.717) is 6.54 Å². The molecular formula is C15H18N4. The molecule has 1 aromatic heterocycles. The van der Waals surface area contributed by atoms with Crippen LogP contribution in [0.3, 0.4) is 0 Å². The average Bonchev–Trinajstić information content (AvgIpc) is 2.48. The van der Waals surface area contributed by atoms with Crippen molar-refractivity contribution in [2.45, 2.75) is 32.2 Å². The number of fused-ring (bicyclic) bond motifs is 1. The lowest BCUT2D eigenvalue weighted by molar-refractivity contribution is 0.664. The minimum atomic E-state index is 0.524. The SMILES string of the molecule is NCc1ccccc1Nc1ncnc2c1CCCC2. The zero-order valence-corrected chi connectivity index (χ0v) is 10.9. The minimum absolute atomic E-state index is 0.524. The molecule has 0 bridgehead atoms. The summed E-state index contributed by atoms with van der Waals surface area (Å²) < 4.78 is 0. The molecule has 4 nitrogen and oxygen atoms in total. The van der Waals surface area contributed by atoms with Gasteiger partial charge in [0.2, 0.25) is 0 Å². The lowest BCUT2D eigenvalue weighted by Crippen LogP contribution is -2.11. The third kappa shape index (κ3) is 2.44. The van der Waals surface area contributed by atoms with Gasteiger partial charge in [-0.3, -0.25) is 0 Å². The summed E-state index contributed by atoms with van der Waals surface area (Å²) in [5.74, 6) is 0.936. The standard InChI is InChI=1S/C15H18N4/c16-9-11-5-1-3-7-13(11)19-15-12-6-2-4-8-14(12)17-10-18-15/h1,3,5,7,10H,2,4,6,8-9,16H2,(H,17,18,19). The average molecular weight is 254 g/mol. The Morgan fingerprint density at radius 2 is 1.95 bits per heavy atom. The number of hydrogen-bond acceptors (Lipinski definition) is 4. The molecule has 98 valence electrons. The number of nitrogens with two attached hydrogens (primary N) is 1. The molecule has 1 aliphatic rings. The molecule has 3 N–H and O–H groups in total. The van der Waals surface area contributed by atoms with Crippen LogP contribution in [0.15, 0.2) is 30.6 Å². The number of anilines is 2. The second-order valence-corrected chi connectivity index (χ2v) is 4.84. The van der Waals surface area contributed by atoms with E-state index in [0.717, 1.165) is 29.9 Å². The Labute approximate surface area is 113 Å². The van der Waals surface area contributed by atoms with Gasteiger partial charge in [0.05, 0.1) is 0 Å². The van der Waals surface area contributed by atoms with Gasteiger partial charge in [0.15, 0.2) is 0 Å². The highest BCUT2D eigenvalue weighted by atomic mass is 15.0. The lowest BCUT2D eigenvalue weighted by Gasteiger charge is -2.19. The van der Waals surface area contributed by atoms with Gasteiger partial charge in [0.25, 0.3) is 0 Å². The molecule has 0 amide bonds. The van der Waals surface area contributed by atoms with Gasteiger partial charge in [-0.15, -0.1) is 0 Å². The molecule has 0 saturated carbocycles. The molecule has 4 heteroatoms. The zero-order chi connectivity index (χ0) is 13.1. The summed E-state index contributed by atoms with van der Waals surface area (Å²) in [6, 6.07) is 8.09. The molecule has 1 aliphatic carbocycles. The van der Waals surface area contributed by atoms with Crippen molar-refractivity contribution in [1.29, 1.82) is 0 Å². The first-order valence-corrected chi connectivity index (χ1v) is 6.76. The van der Waals surface area contributed by atoms with Crippen molar-refractivity contribution in [2.75, 3.05) is 5.32 Å². The Hall–Kier alpha value is -1.94. The maximum Gasteiger partial charge on any atom is 0.137 e. The number of para-hydroxylation sites is 1. The molecule has 0 saturated heterocycles. The molecule has 1 heterocycles. The fraction of sp³-hybridized carbons (Fsp3) is 0.333. The van der Waals surface area contributed by atoms with Crippen molar-refractivity contribution in [3.05, 3.63) is 47.4 Å². The number of hydrogen-bond donors (Lipinski definition) is 2. The first kappa shape index (κ1) is 12.1. The second kappa shape index (κ2) is 5.36. The summed E-state index contributed by atoms with van der Waals surface area (Å²) >= 11 is 0. The summed E-state index contributed by atoms with van der Waals surface area (Å²) in [6.07, 6.45) is 6.21. The van der Waals surface area contributed by atoms with E-state index < -0.39 is 0 Å². The number of nitrogens with one attached hydrogen (secondary N) is 1. The van der Waals surface area contributed by atoms with Crippen molar-refractivity contribution in [2.24, 2.45) is 5.73 Å². The lowest BCUT2D eigenvalue weighted by atomic mass is 9.96. The largest absolute Gasteiger partial charge is 0.340 e. The highest BCUT2D eigenvalue weighted by Crippen LogP contribution is 2.27. The maximum atomic E-state index is 5.77. The predicted octanol–water partition coefficient (Wildman–Crippen LogP) is 2.56. The van der Waals surface area contributed by atoms with Gasteiger partial charge in [-0.2, -0.15) is 0 Å². The molecule has 0 spiro atoms. The normalized spacial score (nSPS) is 13.9. The van der Waals surface area contributed by atoms with Crippen LogP contribution in [0.2, 0.25) is 0 Å². The Morgan fingerprint density at radius 3 is 2.84 bits per heavy atom. The highest BCUT2D eigenvalue weighted by Gasteiger charge is 2.15. The first-order chi connectivity index (χ1) is 9.38. The van der Waals surface area contributed by atoms with Gasteiger partial charge in [0.1, 0.15) is 12.1 Å². The van der Waals surface area contributed by atoms with E-state index in [2.05, 4.69) is 15.3 Å². The van der Waals surface area contributed by atoms with Gasteiger partial charge < -0.3 is 11.1 Å². The third-order valence-corrected chi connectivity index (χ3v) is 3.62. The van der Waals surface area contributed by atoms with E-state index in [9.17, 15) is 0 Å². The van der Waals surface area contributed by atoms with Crippen LogP contribution in [-0.4, -0.2) is 9.97 Å². The summed E-state index contributed by atoms with van der Waals surface area (Å²) in [5.41, 5.74) is 10.4. The van der Waals surface area contributed by atoms with Crippen molar-refractivity contribution >= 4 is 11.5 Å². The molecule has 2 aromatic rings. The van der Waals surface area contributed by atoms with E-state index in [1.807, 2.05) is 24.3 Å². The van der Waals surface area contributed by atoms with Crippen molar-refractivity contribution in [3.63, 3.8) is 0 Å². The van der Waals surface area contributed by atoms with Crippen LogP contribution in [0.5, 0.6) is 0 Å². The Kier molecular flexibility index (Phi) is 3.42. The molecule has 0 radical (unpaired) electrons. The topological polar surface area (TPSA) is 63.8 Å². The molecule has 1 aromatic carbocycles. The molecule has 0 aliphatic heterocycles. The summed E-state index contributed by atoms with van der Waals surface area (Å²) in [7, 11) is 0. The quantitative estimate of drug-likeness (QED) is 0.883. The Bertz CT molecular complexity index is 580. The number of rotatable bonds is 3. The Balaban J connectivity index is 1.95. The van der Waals surface area contributed by atoms with E-state index in [1.54, 1.807) is 6.33 Å². The van der Waals surface area contributed by atoms with Gasteiger partial charge in [-0.1, -0.05) is 18.2 Å². The van der Waals surface area contributed by atoms with Crippen molar-refractivity contribution in [1.82, 2.24) is 9.97 Å². The first-order valence-electron chi connectivity index (χ1n) is 6.76. The fourth-order valence-corrected chi connectivity index (χ4v) is 2.58. The summed E-state index contributed by atoms with van der Waals surface area (Å²) in [5, 5.41) is 3.42. The van der Waals surface area contributed by atoms with Crippen LogP contribution in [0.4, 0.5) is 11.5 Å². The Morgan fingerprint density at radius 1 is 1.11 bits per heavy atom. The maximum absolute atomic E-state index is 5.77. The smallest absolute Gasteiger partial charge is 0.137 e. The van der Waals surface area contributed by atoms with Crippen LogP contribution in [0, 0.1) is 0 Å². The number of benzene rings is 1. The van der Waals surface area contributed by atoms with E-state index >= 15 is 0 Å². The molecule has 0 atom stereocenters. The van der Waals surface area contributed by atoms with E-state index in [-0.39, 0.29) is 0 Å². The van der Waals surface area contributed by atoms with Crippen LogP contribution in [0.1, 0.15) is 29.7 Å². The monoisotopic (exact) mass is 254 g/mol. The molecule has 0 unspecified atom stereocenters. The van der Waals surface area contributed by atoms with Crippen LogP contribution in [-0.2, 0) is 19.4 Å². The van der Waals surface area contributed by atoms with E-state index in [1.165, 1.54) is 24.1 Å².